The van der Waals surface area contributed by atoms with Gasteiger partial charge in [0.2, 0.25) is 5.91 Å². The summed E-state index contributed by atoms with van der Waals surface area (Å²) in [4.78, 5) is 12.2. The lowest BCUT2D eigenvalue weighted by molar-refractivity contribution is -0.123. The minimum Gasteiger partial charge on any atom is -0.353 e. The van der Waals surface area contributed by atoms with Crippen LogP contribution in [0.2, 0.25) is 0 Å². The highest BCUT2D eigenvalue weighted by molar-refractivity contribution is 7.99. The van der Waals surface area contributed by atoms with Crippen LogP contribution in [-0.2, 0) is 4.79 Å². The Hall–Kier alpha value is -0.220. The van der Waals surface area contributed by atoms with Gasteiger partial charge in [0.25, 0.3) is 0 Å². The van der Waals surface area contributed by atoms with Crippen molar-refractivity contribution in [3.8, 4) is 0 Å². The molecule has 1 saturated heterocycles. The zero-order chi connectivity index (χ0) is 14.8. The molecular weight excluding hydrogens is 268 g/mol. The molecule has 1 aliphatic carbocycles. The van der Waals surface area contributed by atoms with Crippen LogP contribution < -0.4 is 10.6 Å². The minimum atomic E-state index is 0.225. The highest BCUT2D eigenvalue weighted by Gasteiger charge is 2.38. The number of amides is 1. The van der Waals surface area contributed by atoms with Gasteiger partial charge in [0, 0.05) is 36.6 Å². The maximum absolute atomic E-state index is 12.2. The van der Waals surface area contributed by atoms with Gasteiger partial charge in [-0.15, -0.1) is 0 Å². The topological polar surface area (TPSA) is 41.1 Å². The van der Waals surface area contributed by atoms with Crippen LogP contribution in [0.1, 0.15) is 53.4 Å². The van der Waals surface area contributed by atoms with Crippen LogP contribution >= 0.6 is 11.8 Å². The Balaban J connectivity index is 1.83. The average molecular weight is 298 g/mol. The third-order valence-corrected chi connectivity index (χ3v) is 5.48. The number of hydrogen-bond donors (Lipinski definition) is 2. The molecule has 0 aromatic rings. The molecule has 1 amide bonds. The van der Waals surface area contributed by atoms with Crippen LogP contribution in [0.5, 0.6) is 0 Å². The van der Waals surface area contributed by atoms with E-state index in [0.29, 0.717) is 29.3 Å². The standard InChI is InChI=1S/C16H30N2OS/c1-15(2)8-13(9-16(3,4)11-15)18-14(19)7-12-10-20-6-5-17-12/h12-13,17H,5-11H2,1-4H3,(H,18,19). The van der Waals surface area contributed by atoms with Gasteiger partial charge >= 0.3 is 0 Å². The molecule has 2 fully saturated rings. The molecule has 0 bridgehead atoms. The third-order valence-electron chi connectivity index (χ3n) is 4.35. The largest absolute Gasteiger partial charge is 0.353 e. The molecule has 0 aromatic heterocycles. The highest BCUT2D eigenvalue weighted by atomic mass is 32.2. The molecule has 116 valence electrons. The van der Waals surface area contributed by atoms with Crippen LogP contribution in [0.25, 0.3) is 0 Å². The molecule has 1 aliphatic heterocycles. The van der Waals surface area contributed by atoms with E-state index < -0.39 is 0 Å². The van der Waals surface area contributed by atoms with Crippen molar-refractivity contribution in [2.75, 3.05) is 18.1 Å². The Morgan fingerprint density at radius 3 is 2.45 bits per heavy atom. The lowest BCUT2D eigenvalue weighted by Crippen LogP contribution is -2.48. The number of hydrogen-bond acceptors (Lipinski definition) is 3. The van der Waals surface area contributed by atoms with Crippen LogP contribution in [0.3, 0.4) is 0 Å². The van der Waals surface area contributed by atoms with E-state index in [9.17, 15) is 4.79 Å². The molecule has 20 heavy (non-hydrogen) atoms. The zero-order valence-electron chi connectivity index (χ0n) is 13.4. The predicted octanol–water partition coefficient (Wildman–Crippen LogP) is 2.80. The second-order valence-electron chi connectivity index (χ2n) is 8.11. The molecule has 1 atom stereocenters. The lowest BCUT2D eigenvalue weighted by atomic mass is 9.63. The van der Waals surface area contributed by atoms with Crippen molar-refractivity contribution in [3.63, 3.8) is 0 Å². The van der Waals surface area contributed by atoms with E-state index in [1.54, 1.807) is 0 Å². The SMILES string of the molecule is CC1(C)CC(NC(=O)CC2CSCCN2)CC(C)(C)C1. The highest BCUT2D eigenvalue weighted by Crippen LogP contribution is 2.45. The number of carbonyl (C=O) groups is 1. The normalized spacial score (nSPS) is 29.9. The predicted molar refractivity (Wildman–Crippen MR) is 87.1 cm³/mol. The van der Waals surface area contributed by atoms with Gasteiger partial charge in [0.15, 0.2) is 0 Å². The van der Waals surface area contributed by atoms with Crippen molar-refractivity contribution in [2.24, 2.45) is 10.8 Å². The van der Waals surface area contributed by atoms with E-state index in [4.69, 9.17) is 0 Å². The number of thioether (sulfide) groups is 1. The summed E-state index contributed by atoms with van der Waals surface area (Å²) >= 11 is 1.95. The monoisotopic (exact) mass is 298 g/mol. The summed E-state index contributed by atoms with van der Waals surface area (Å²) in [7, 11) is 0. The Labute approximate surface area is 128 Å². The molecule has 1 saturated carbocycles. The fourth-order valence-electron chi connectivity index (χ4n) is 4.21. The number of carbonyl (C=O) groups excluding carboxylic acids is 1. The van der Waals surface area contributed by atoms with E-state index in [1.807, 2.05) is 11.8 Å². The average Bonchev–Trinajstić information content (AvgIpc) is 2.25. The summed E-state index contributed by atoms with van der Waals surface area (Å²) in [6.07, 6.45) is 4.08. The van der Waals surface area contributed by atoms with E-state index in [0.717, 1.165) is 25.1 Å². The van der Waals surface area contributed by atoms with E-state index >= 15 is 0 Å². The maximum atomic E-state index is 12.2. The van der Waals surface area contributed by atoms with Crippen molar-refractivity contribution in [3.05, 3.63) is 0 Å². The van der Waals surface area contributed by atoms with Gasteiger partial charge in [-0.1, -0.05) is 27.7 Å². The summed E-state index contributed by atoms with van der Waals surface area (Å²) < 4.78 is 0. The molecular formula is C16H30N2OS. The van der Waals surface area contributed by atoms with Crippen molar-refractivity contribution >= 4 is 17.7 Å². The number of nitrogens with one attached hydrogen (secondary N) is 2. The molecule has 4 heteroatoms. The molecule has 2 aliphatic rings. The summed E-state index contributed by atoms with van der Waals surface area (Å²) in [6.45, 7) is 10.3. The van der Waals surface area contributed by atoms with Gasteiger partial charge in [0.1, 0.15) is 0 Å². The fourth-order valence-corrected chi connectivity index (χ4v) is 5.16. The van der Waals surface area contributed by atoms with Crippen LogP contribution in [0, 0.1) is 10.8 Å². The van der Waals surface area contributed by atoms with Gasteiger partial charge in [-0.2, -0.15) is 11.8 Å². The molecule has 3 nitrogen and oxygen atoms in total. The third kappa shape index (κ3) is 4.96. The smallest absolute Gasteiger partial charge is 0.221 e. The molecule has 0 spiro atoms. The van der Waals surface area contributed by atoms with Gasteiger partial charge in [0.05, 0.1) is 0 Å². The van der Waals surface area contributed by atoms with E-state index in [1.165, 1.54) is 12.2 Å². The molecule has 2 N–H and O–H groups in total. The Morgan fingerprint density at radius 2 is 1.90 bits per heavy atom. The first-order valence-electron chi connectivity index (χ1n) is 7.86. The first-order chi connectivity index (χ1) is 9.26. The summed E-state index contributed by atoms with van der Waals surface area (Å²) in [5.74, 6) is 2.46. The van der Waals surface area contributed by atoms with Crippen LogP contribution in [0.15, 0.2) is 0 Å². The number of rotatable bonds is 3. The Kier molecular flexibility index (Phi) is 5.06. The molecule has 0 aromatic carbocycles. The van der Waals surface area contributed by atoms with Gasteiger partial charge in [-0.05, 0) is 30.1 Å². The van der Waals surface area contributed by atoms with Gasteiger partial charge in [-0.3, -0.25) is 4.79 Å². The molecule has 2 rings (SSSR count). The molecule has 0 radical (unpaired) electrons. The van der Waals surface area contributed by atoms with Crippen molar-refractivity contribution in [2.45, 2.75) is 65.5 Å². The maximum Gasteiger partial charge on any atom is 0.221 e. The quantitative estimate of drug-likeness (QED) is 0.842. The second kappa shape index (κ2) is 6.27. The van der Waals surface area contributed by atoms with Crippen LogP contribution in [0.4, 0.5) is 0 Å². The van der Waals surface area contributed by atoms with Gasteiger partial charge < -0.3 is 10.6 Å². The van der Waals surface area contributed by atoms with Crippen LogP contribution in [-0.4, -0.2) is 36.0 Å². The summed E-state index contributed by atoms with van der Waals surface area (Å²) in [6, 6.07) is 0.704. The van der Waals surface area contributed by atoms with E-state index in [-0.39, 0.29) is 5.91 Å². The summed E-state index contributed by atoms with van der Waals surface area (Å²) in [5, 5.41) is 6.73. The second-order valence-corrected chi connectivity index (χ2v) is 9.26. The first-order valence-corrected chi connectivity index (χ1v) is 9.02. The Bertz CT molecular complexity index is 332. The first kappa shape index (κ1) is 16.2. The minimum absolute atomic E-state index is 0.225. The Morgan fingerprint density at radius 1 is 1.25 bits per heavy atom. The van der Waals surface area contributed by atoms with Gasteiger partial charge in [-0.25, -0.2) is 0 Å². The van der Waals surface area contributed by atoms with E-state index in [2.05, 4.69) is 38.3 Å². The van der Waals surface area contributed by atoms with Crippen molar-refractivity contribution in [1.29, 1.82) is 0 Å². The molecule has 1 unspecified atom stereocenters. The fraction of sp³-hybridized carbons (Fsp3) is 0.938. The zero-order valence-corrected chi connectivity index (χ0v) is 14.2. The van der Waals surface area contributed by atoms with Crippen molar-refractivity contribution < 1.29 is 4.79 Å². The van der Waals surface area contributed by atoms with Crippen molar-refractivity contribution in [1.82, 2.24) is 10.6 Å². The summed E-state index contributed by atoms with van der Waals surface area (Å²) in [5.41, 5.74) is 0.664. The molecule has 1 heterocycles. The lowest BCUT2D eigenvalue weighted by Gasteiger charge is -2.45.